The van der Waals surface area contributed by atoms with Gasteiger partial charge in [-0.25, -0.2) is 0 Å². The van der Waals surface area contributed by atoms with Crippen LogP contribution in [0.5, 0.6) is 0 Å². The molecule has 0 spiro atoms. The van der Waals surface area contributed by atoms with Crippen LogP contribution in [0.25, 0.3) is 0 Å². The van der Waals surface area contributed by atoms with Gasteiger partial charge < -0.3 is 15.5 Å². The van der Waals surface area contributed by atoms with Crippen LogP contribution in [0.15, 0.2) is 0 Å². The van der Waals surface area contributed by atoms with Gasteiger partial charge in [0.05, 0.1) is 0 Å². The van der Waals surface area contributed by atoms with Gasteiger partial charge in [0.25, 0.3) is 0 Å². The molecule has 2 aliphatic heterocycles. The number of piperidine rings is 1. The van der Waals surface area contributed by atoms with E-state index in [1.54, 1.807) is 0 Å². The first-order valence-electron chi connectivity index (χ1n) is 7.96. The van der Waals surface area contributed by atoms with Crippen molar-refractivity contribution < 1.29 is 0 Å². The van der Waals surface area contributed by atoms with Crippen molar-refractivity contribution in [1.29, 1.82) is 0 Å². The van der Waals surface area contributed by atoms with Crippen molar-refractivity contribution in [3.63, 3.8) is 0 Å². The molecule has 3 unspecified atom stereocenters. The zero-order valence-corrected chi connectivity index (χ0v) is 12.3. The maximum atomic E-state index is 3.77. The van der Waals surface area contributed by atoms with Gasteiger partial charge in [0.2, 0.25) is 0 Å². The van der Waals surface area contributed by atoms with Gasteiger partial charge >= 0.3 is 0 Å². The topological polar surface area (TPSA) is 27.3 Å². The molecule has 0 aromatic carbocycles. The summed E-state index contributed by atoms with van der Waals surface area (Å²) in [5.74, 6) is 0. The molecule has 0 saturated carbocycles. The minimum Gasteiger partial charge on any atom is -0.314 e. The highest BCUT2D eigenvalue weighted by Crippen LogP contribution is 2.12. The van der Waals surface area contributed by atoms with Crippen LogP contribution in [-0.4, -0.2) is 49.2 Å². The molecule has 0 aliphatic carbocycles. The fourth-order valence-electron chi connectivity index (χ4n) is 3.52. The largest absolute Gasteiger partial charge is 0.314 e. The van der Waals surface area contributed by atoms with Gasteiger partial charge in [0.15, 0.2) is 0 Å². The summed E-state index contributed by atoms with van der Waals surface area (Å²) in [6.07, 6.45) is 8.24. The van der Waals surface area contributed by atoms with E-state index in [4.69, 9.17) is 0 Å². The zero-order chi connectivity index (χ0) is 12.8. The average Bonchev–Trinajstić information content (AvgIpc) is 2.82. The molecule has 0 aromatic heterocycles. The number of likely N-dealkylation sites (tertiary alicyclic amines) is 1. The Bertz CT molecular complexity index is 220. The highest BCUT2D eigenvalue weighted by atomic mass is 15.2. The summed E-state index contributed by atoms with van der Waals surface area (Å²) in [4.78, 5) is 2.63. The molecule has 2 aliphatic rings. The highest BCUT2D eigenvalue weighted by molar-refractivity contribution is 4.81. The van der Waals surface area contributed by atoms with E-state index in [9.17, 15) is 0 Å². The Kier molecular flexibility index (Phi) is 5.93. The van der Waals surface area contributed by atoms with Gasteiger partial charge in [0, 0.05) is 24.7 Å². The Morgan fingerprint density at radius 1 is 1.11 bits per heavy atom. The molecule has 3 atom stereocenters. The van der Waals surface area contributed by atoms with E-state index in [0.29, 0.717) is 12.1 Å². The van der Waals surface area contributed by atoms with Crippen LogP contribution in [0.3, 0.4) is 0 Å². The number of hydrogen-bond acceptors (Lipinski definition) is 3. The lowest BCUT2D eigenvalue weighted by Crippen LogP contribution is -2.45. The minimum absolute atomic E-state index is 0.625. The average molecular weight is 253 g/mol. The van der Waals surface area contributed by atoms with Crippen molar-refractivity contribution in [2.75, 3.05) is 26.2 Å². The van der Waals surface area contributed by atoms with E-state index in [0.717, 1.165) is 6.04 Å². The molecule has 0 amide bonds. The maximum absolute atomic E-state index is 3.77. The van der Waals surface area contributed by atoms with Gasteiger partial charge in [-0.1, -0.05) is 6.42 Å². The molecule has 18 heavy (non-hydrogen) atoms. The first kappa shape index (κ1) is 14.3. The standard InChI is InChI=1S/C15H31N3/c1-13(11-15-7-6-8-16-15)17-14(2)12-18-9-4-3-5-10-18/h13-17H,3-12H2,1-2H3. The quantitative estimate of drug-likeness (QED) is 0.758. The molecule has 2 N–H and O–H groups in total. The Morgan fingerprint density at radius 2 is 1.89 bits per heavy atom. The summed E-state index contributed by atoms with van der Waals surface area (Å²) in [7, 11) is 0. The Hall–Kier alpha value is -0.120. The summed E-state index contributed by atoms with van der Waals surface area (Å²) in [5, 5.41) is 7.36. The highest BCUT2D eigenvalue weighted by Gasteiger charge is 2.19. The van der Waals surface area contributed by atoms with Crippen LogP contribution in [0, 0.1) is 0 Å². The van der Waals surface area contributed by atoms with Gasteiger partial charge in [-0.3, -0.25) is 0 Å². The number of nitrogens with one attached hydrogen (secondary N) is 2. The van der Waals surface area contributed by atoms with Crippen LogP contribution in [0.1, 0.15) is 52.4 Å². The molecule has 0 aromatic rings. The minimum atomic E-state index is 0.625. The fraction of sp³-hybridized carbons (Fsp3) is 1.00. The molecule has 0 radical (unpaired) electrons. The second kappa shape index (κ2) is 7.46. The molecule has 2 heterocycles. The van der Waals surface area contributed by atoms with E-state index in [2.05, 4.69) is 29.4 Å². The molecular weight excluding hydrogens is 222 g/mol. The lowest BCUT2D eigenvalue weighted by atomic mass is 10.1. The second-order valence-corrected chi connectivity index (χ2v) is 6.36. The third kappa shape index (κ3) is 4.87. The van der Waals surface area contributed by atoms with E-state index in [1.165, 1.54) is 64.7 Å². The maximum Gasteiger partial charge on any atom is 0.0169 e. The first-order valence-corrected chi connectivity index (χ1v) is 7.96. The lowest BCUT2D eigenvalue weighted by molar-refractivity contribution is 0.203. The molecule has 2 fully saturated rings. The Labute approximate surface area is 113 Å². The smallest absolute Gasteiger partial charge is 0.0169 e. The molecule has 106 valence electrons. The third-order valence-corrected chi connectivity index (χ3v) is 4.35. The van der Waals surface area contributed by atoms with Crippen molar-refractivity contribution >= 4 is 0 Å². The fourth-order valence-corrected chi connectivity index (χ4v) is 3.52. The summed E-state index contributed by atoms with van der Waals surface area (Å²) < 4.78 is 0. The Balaban J connectivity index is 1.61. The van der Waals surface area contributed by atoms with Gasteiger partial charge in [-0.15, -0.1) is 0 Å². The van der Waals surface area contributed by atoms with Crippen molar-refractivity contribution in [3.8, 4) is 0 Å². The van der Waals surface area contributed by atoms with E-state index < -0.39 is 0 Å². The van der Waals surface area contributed by atoms with Gasteiger partial charge in [-0.05, 0) is 65.6 Å². The van der Waals surface area contributed by atoms with E-state index in [-0.39, 0.29) is 0 Å². The van der Waals surface area contributed by atoms with Crippen LogP contribution in [-0.2, 0) is 0 Å². The summed E-state index contributed by atoms with van der Waals surface area (Å²) in [6, 6.07) is 2.02. The summed E-state index contributed by atoms with van der Waals surface area (Å²) in [5.41, 5.74) is 0. The summed E-state index contributed by atoms with van der Waals surface area (Å²) >= 11 is 0. The van der Waals surface area contributed by atoms with Crippen LogP contribution in [0.2, 0.25) is 0 Å². The van der Waals surface area contributed by atoms with Crippen LogP contribution < -0.4 is 10.6 Å². The predicted molar refractivity (Wildman–Crippen MR) is 78.0 cm³/mol. The predicted octanol–water partition coefficient (Wildman–Crippen LogP) is 1.98. The third-order valence-electron chi connectivity index (χ3n) is 4.35. The Morgan fingerprint density at radius 3 is 2.56 bits per heavy atom. The second-order valence-electron chi connectivity index (χ2n) is 6.36. The zero-order valence-electron chi connectivity index (χ0n) is 12.3. The van der Waals surface area contributed by atoms with E-state index in [1.807, 2.05) is 0 Å². The van der Waals surface area contributed by atoms with Crippen molar-refractivity contribution in [2.45, 2.75) is 70.5 Å². The number of nitrogens with zero attached hydrogens (tertiary/aromatic N) is 1. The van der Waals surface area contributed by atoms with Gasteiger partial charge in [0.1, 0.15) is 0 Å². The summed E-state index contributed by atoms with van der Waals surface area (Å²) in [6.45, 7) is 9.75. The molecule has 2 rings (SSSR count). The molecule has 3 nitrogen and oxygen atoms in total. The first-order chi connectivity index (χ1) is 8.74. The molecule has 3 heteroatoms. The van der Waals surface area contributed by atoms with Crippen molar-refractivity contribution in [1.82, 2.24) is 15.5 Å². The van der Waals surface area contributed by atoms with Crippen LogP contribution in [0.4, 0.5) is 0 Å². The van der Waals surface area contributed by atoms with E-state index >= 15 is 0 Å². The number of rotatable bonds is 6. The van der Waals surface area contributed by atoms with Crippen molar-refractivity contribution in [3.05, 3.63) is 0 Å². The molecule has 2 saturated heterocycles. The molecular formula is C15H31N3. The van der Waals surface area contributed by atoms with Crippen molar-refractivity contribution in [2.24, 2.45) is 0 Å². The molecule has 0 bridgehead atoms. The SMILES string of the molecule is CC(CC1CCCN1)NC(C)CN1CCCCC1. The number of hydrogen-bond donors (Lipinski definition) is 2. The lowest BCUT2D eigenvalue weighted by Gasteiger charge is -2.31. The monoisotopic (exact) mass is 253 g/mol. The van der Waals surface area contributed by atoms with Crippen LogP contribution >= 0.6 is 0 Å². The normalized spacial score (nSPS) is 29.3. The van der Waals surface area contributed by atoms with Gasteiger partial charge in [-0.2, -0.15) is 0 Å².